The topological polar surface area (TPSA) is 57.5 Å². The lowest BCUT2D eigenvalue weighted by atomic mass is 9.53. The molecule has 2 fully saturated rings. The van der Waals surface area contributed by atoms with E-state index in [1.165, 1.54) is 11.6 Å². The van der Waals surface area contributed by atoms with Crippen LogP contribution in [0.2, 0.25) is 0 Å². The van der Waals surface area contributed by atoms with Gasteiger partial charge in [-0.25, -0.2) is 4.79 Å². The summed E-state index contributed by atoms with van der Waals surface area (Å²) in [6.45, 7) is 9.05. The number of rotatable bonds is 5. The van der Waals surface area contributed by atoms with Crippen molar-refractivity contribution in [3.05, 3.63) is 36.0 Å². The van der Waals surface area contributed by atoms with Gasteiger partial charge in [-0.15, -0.1) is 0 Å². The number of aliphatic carboxylic acids is 1. The molecule has 0 heterocycles. The zero-order valence-electron chi connectivity index (χ0n) is 16.1. The van der Waals surface area contributed by atoms with Crippen molar-refractivity contribution in [2.75, 3.05) is 0 Å². The first-order valence-corrected chi connectivity index (χ1v) is 9.79. The summed E-state index contributed by atoms with van der Waals surface area (Å²) in [6.07, 6.45) is 13.2. The molecule has 3 heteroatoms. The van der Waals surface area contributed by atoms with Crippen LogP contribution >= 0.6 is 0 Å². The minimum atomic E-state index is -0.917. The molecule has 0 aromatic rings. The molecule has 0 aromatic carbocycles. The highest BCUT2D eigenvalue weighted by molar-refractivity contribution is 5.80. The summed E-state index contributed by atoms with van der Waals surface area (Å²) in [4.78, 5) is 10.7. The molecule has 2 aliphatic carbocycles. The van der Waals surface area contributed by atoms with Crippen LogP contribution in [0.4, 0.5) is 0 Å². The molecule has 2 rings (SSSR count). The van der Waals surface area contributed by atoms with Crippen LogP contribution in [0.15, 0.2) is 36.0 Å². The van der Waals surface area contributed by atoms with Gasteiger partial charge in [-0.3, -0.25) is 0 Å². The van der Waals surface area contributed by atoms with Crippen LogP contribution in [0.5, 0.6) is 0 Å². The van der Waals surface area contributed by atoms with E-state index in [1.54, 1.807) is 6.08 Å². The van der Waals surface area contributed by atoms with E-state index in [2.05, 4.69) is 39.8 Å². The summed E-state index contributed by atoms with van der Waals surface area (Å²) in [7, 11) is 0. The van der Waals surface area contributed by atoms with E-state index in [0.717, 1.165) is 25.7 Å². The molecule has 25 heavy (non-hydrogen) atoms. The summed E-state index contributed by atoms with van der Waals surface area (Å²) >= 11 is 0. The van der Waals surface area contributed by atoms with E-state index in [4.69, 9.17) is 5.11 Å². The van der Waals surface area contributed by atoms with Gasteiger partial charge in [0.05, 0.1) is 6.10 Å². The highest BCUT2D eigenvalue weighted by atomic mass is 16.4. The van der Waals surface area contributed by atoms with E-state index >= 15 is 0 Å². The normalized spacial score (nSPS) is 39.7. The lowest BCUT2D eigenvalue weighted by Crippen LogP contribution is -2.48. The summed E-state index contributed by atoms with van der Waals surface area (Å²) in [5.41, 5.74) is 1.44. The lowest BCUT2D eigenvalue weighted by Gasteiger charge is -2.52. The minimum Gasteiger partial charge on any atom is -0.478 e. The van der Waals surface area contributed by atoms with Crippen LogP contribution in [-0.4, -0.2) is 22.3 Å². The number of carbonyl (C=O) groups is 1. The Hall–Kier alpha value is -1.35. The van der Waals surface area contributed by atoms with Crippen LogP contribution in [0.3, 0.4) is 0 Å². The fourth-order valence-corrected chi connectivity index (χ4v) is 5.48. The van der Waals surface area contributed by atoms with Gasteiger partial charge in [-0.05, 0) is 68.1 Å². The van der Waals surface area contributed by atoms with E-state index in [1.807, 2.05) is 6.08 Å². The maximum absolute atomic E-state index is 10.7. The fraction of sp³-hybridized carbons (Fsp3) is 0.682. The number of hydrogen-bond donors (Lipinski definition) is 2. The Labute approximate surface area is 152 Å². The number of hydrogen-bond acceptors (Lipinski definition) is 2. The summed E-state index contributed by atoms with van der Waals surface area (Å²) in [5.74, 6) is 1.88. The molecule has 140 valence electrons. The molecule has 7 atom stereocenters. The Kier molecular flexibility index (Phi) is 7.06. The van der Waals surface area contributed by atoms with Gasteiger partial charge in [0.15, 0.2) is 0 Å². The van der Waals surface area contributed by atoms with Crippen molar-refractivity contribution < 1.29 is 15.0 Å². The number of allylic oxidation sites excluding steroid dienone is 5. The third kappa shape index (κ3) is 4.63. The van der Waals surface area contributed by atoms with Crippen LogP contribution in [-0.2, 0) is 4.79 Å². The average Bonchev–Trinajstić information content (AvgIpc) is 2.54. The van der Waals surface area contributed by atoms with Crippen molar-refractivity contribution in [2.45, 2.75) is 59.5 Å². The van der Waals surface area contributed by atoms with Crippen LogP contribution in [0.1, 0.15) is 53.4 Å². The molecule has 3 nitrogen and oxygen atoms in total. The molecule has 0 saturated heterocycles. The molecular weight excluding hydrogens is 312 g/mol. The van der Waals surface area contributed by atoms with Gasteiger partial charge < -0.3 is 10.2 Å². The third-order valence-corrected chi connectivity index (χ3v) is 6.41. The molecule has 0 aromatic heterocycles. The zero-order chi connectivity index (χ0) is 18.6. The first-order chi connectivity index (χ1) is 11.9. The number of aliphatic hydroxyl groups is 1. The van der Waals surface area contributed by atoms with Gasteiger partial charge in [0.25, 0.3) is 0 Å². The Morgan fingerprint density at radius 3 is 2.52 bits per heavy atom. The molecule has 0 radical (unpaired) electrons. The number of fused-ring (bicyclic) bond motifs is 1. The monoisotopic (exact) mass is 346 g/mol. The van der Waals surface area contributed by atoms with Crippen molar-refractivity contribution in [3.8, 4) is 0 Å². The van der Waals surface area contributed by atoms with Gasteiger partial charge in [-0.1, -0.05) is 50.6 Å². The van der Waals surface area contributed by atoms with Gasteiger partial charge in [-0.2, -0.15) is 0 Å². The Bertz CT molecular complexity index is 545. The molecule has 0 bridgehead atoms. The van der Waals surface area contributed by atoms with Crippen LogP contribution in [0.25, 0.3) is 0 Å². The quantitative estimate of drug-likeness (QED) is 0.426. The number of aliphatic hydroxyl groups excluding tert-OH is 1. The predicted octanol–water partition coefficient (Wildman–Crippen LogP) is 4.84. The van der Waals surface area contributed by atoms with Gasteiger partial charge >= 0.3 is 5.97 Å². The second kappa shape index (κ2) is 8.84. The first-order valence-electron chi connectivity index (χ1n) is 9.79. The van der Waals surface area contributed by atoms with E-state index in [9.17, 15) is 9.90 Å². The summed E-state index contributed by atoms with van der Waals surface area (Å²) in [6, 6.07) is 0. The van der Waals surface area contributed by atoms with Crippen molar-refractivity contribution in [2.24, 2.45) is 35.5 Å². The molecule has 2 saturated carbocycles. The molecular formula is C22H34O3. The van der Waals surface area contributed by atoms with Crippen LogP contribution in [0, 0.1) is 35.5 Å². The van der Waals surface area contributed by atoms with Gasteiger partial charge in [0, 0.05) is 6.08 Å². The molecule has 2 aliphatic rings. The molecule has 0 amide bonds. The van der Waals surface area contributed by atoms with Gasteiger partial charge in [0.2, 0.25) is 0 Å². The van der Waals surface area contributed by atoms with Crippen molar-refractivity contribution in [3.63, 3.8) is 0 Å². The largest absolute Gasteiger partial charge is 0.478 e. The highest BCUT2D eigenvalue weighted by Crippen LogP contribution is 2.53. The zero-order valence-corrected chi connectivity index (χ0v) is 16.1. The van der Waals surface area contributed by atoms with Gasteiger partial charge in [0.1, 0.15) is 0 Å². The molecule has 0 aliphatic heterocycles. The summed E-state index contributed by atoms with van der Waals surface area (Å²) < 4.78 is 0. The predicted molar refractivity (Wildman–Crippen MR) is 102 cm³/mol. The maximum atomic E-state index is 10.7. The SMILES string of the molecule is CC/C=C(\C)[C@H]1[C@@H](/C=C/C=C/C(=O)O)[C@H]2[C@@H](C[C@@H]1C)[C@@H](O)CC[C@@H]2C. The Morgan fingerprint density at radius 2 is 1.88 bits per heavy atom. The average molecular weight is 347 g/mol. The van der Waals surface area contributed by atoms with E-state index < -0.39 is 5.97 Å². The second-order valence-electron chi connectivity index (χ2n) is 8.12. The minimum absolute atomic E-state index is 0.189. The fourth-order valence-electron chi connectivity index (χ4n) is 5.48. The maximum Gasteiger partial charge on any atom is 0.328 e. The van der Waals surface area contributed by atoms with E-state index in [0.29, 0.717) is 35.5 Å². The smallest absolute Gasteiger partial charge is 0.328 e. The standard InChI is InChI=1S/C22H34O3/c1-5-8-14(2)21-16(4)13-18-19(23)12-11-15(3)22(18)17(21)9-6-7-10-20(24)25/h6-10,15-19,21-23H,5,11-13H2,1-4H3,(H,24,25)/b9-6+,10-7+,14-8+/t15-,16-,17+,18-,19-,21+,22-/m0/s1. The third-order valence-electron chi connectivity index (χ3n) is 6.41. The Balaban J connectivity index is 2.37. The molecule has 2 N–H and O–H groups in total. The number of carboxylic acids is 1. The van der Waals surface area contributed by atoms with Crippen LogP contribution < -0.4 is 0 Å². The molecule has 0 unspecified atom stereocenters. The highest BCUT2D eigenvalue weighted by Gasteiger charge is 2.48. The lowest BCUT2D eigenvalue weighted by molar-refractivity contribution is -0.131. The van der Waals surface area contributed by atoms with Crippen molar-refractivity contribution in [1.82, 2.24) is 0 Å². The molecule has 0 spiro atoms. The Morgan fingerprint density at radius 1 is 1.16 bits per heavy atom. The van der Waals surface area contributed by atoms with E-state index in [-0.39, 0.29) is 6.10 Å². The van der Waals surface area contributed by atoms with Crippen molar-refractivity contribution >= 4 is 5.97 Å². The first kappa shape index (κ1) is 20.0. The number of carboxylic acid groups (broad SMARTS) is 1. The summed E-state index contributed by atoms with van der Waals surface area (Å²) in [5, 5.41) is 19.4. The second-order valence-corrected chi connectivity index (χ2v) is 8.12. The van der Waals surface area contributed by atoms with Crippen molar-refractivity contribution in [1.29, 1.82) is 0 Å².